The van der Waals surface area contributed by atoms with Gasteiger partial charge in [0, 0.05) is 19.3 Å². The SMILES string of the molecule is CC(C)CCN(C)c1ccc(C(F)(F)F)c(C#N)c1. The van der Waals surface area contributed by atoms with Crippen molar-refractivity contribution in [3.8, 4) is 6.07 Å². The topological polar surface area (TPSA) is 27.0 Å². The zero-order valence-electron chi connectivity index (χ0n) is 11.3. The molecule has 0 heterocycles. The number of alkyl halides is 3. The Morgan fingerprint density at radius 1 is 1.32 bits per heavy atom. The summed E-state index contributed by atoms with van der Waals surface area (Å²) in [6.07, 6.45) is -3.54. The van der Waals surface area contributed by atoms with Crippen molar-refractivity contribution >= 4 is 5.69 Å². The van der Waals surface area contributed by atoms with Crippen LogP contribution >= 0.6 is 0 Å². The minimum Gasteiger partial charge on any atom is -0.375 e. The van der Waals surface area contributed by atoms with E-state index in [2.05, 4.69) is 13.8 Å². The van der Waals surface area contributed by atoms with Gasteiger partial charge in [-0.05, 0) is 30.5 Å². The molecular formula is C14H17F3N2. The Kier molecular flexibility index (Phi) is 4.82. The maximum atomic E-state index is 12.7. The summed E-state index contributed by atoms with van der Waals surface area (Å²) >= 11 is 0. The first-order valence-corrected chi connectivity index (χ1v) is 6.08. The molecule has 0 radical (unpaired) electrons. The summed E-state index contributed by atoms with van der Waals surface area (Å²) < 4.78 is 38.0. The molecule has 0 fully saturated rings. The van der Waals surface area contributed by atoms with Crippen LogP contribution in [0, 0.1) is 17.2 Å². The van der Waals surface area contributed by atoms with Crippen molar-refractivity contribution in [1.82, 2.24) is 0 Å². The van der Waals surface area contributed by atoms with Crippen LogP contribution < -0.4 is 4.90 Å². The molecule has 19 heavy (non-hydrogen) atoms. The molecule has 1 rings (SSSR count). The van der Waals surface area contributed by atoms with E-state index in [0.717, 1.165) is 19.0 Å². The lowest BCUT2D eigenvalue weighted by Gasteiger charge is -2.21. The van der Waals surface area contributed by atoms with E-state index in [9.17, 15) is 13.2 Å². The van der Waals surface area contributed by atoms with Crippen molar-refractivity contribution in [3.63, 3.8) is 0 Å². The van der Waals surface area contributed by atoms with Gasteiger partial charge in [-0.1, -0.05) is 13.8 Å². The van der Waals surface area contributed by atoms with Crippen LogP contribution in [0.4, 0.5) is 18.9 Å². The van der Waals surface area contributed by atoms with Crippen LogP contribution in [-0.4, -0.2) is 13.6 Å². The second-order valence-electron chi connectivity index (χ2n) is 4.94. The third kappa shape index (κ3) is 4.16. The highest BCUT2D eigenvalue weighted by Gasteiger charge is 2.33. The van der Waals surface area contributed by atoms with Gasteiger partial charge in [-0.15, -0.1) is 0 Å². The number of rotatable bonds is 4. The van der Waals surface area contributed by atoms with Crippen molar-refractivity contribution in [2.24, 2.45) is 5.92 Å². The van der Waals surface area contributed by atoms with Gasteiger partial charge in [-0.3, -0.25) is 0 Å². The molecule has 1 aromatic rings. The predicted molar refractivity (Wildman–Crippen MR) is 68.9 cm³/mol. The van der Waals surface area contributed by atoms with Gasteiger partial charge in [0.05, 0.1) is 17.2 Å². The second kappa shape index (κ2) is 5.96. The Bertz CT molecular complexity index is 473. The normalized spacial score (nSPS) is 11.5. The number of nitriles is 1. The van der Waals surface area contributed by atoms with E-state index in [1.165, 1.54) is 12.1 Å². The van der Waals surface area contributed by atoms with E-state index in [1.807, 2.05) is 11.9 Å². The van der Waals surface area contributed by atoms with E-state index < -0.39 is 11.7 Å². The molecule has 0 aliphatic heterocycles. The summed E-state index contributed by atoms with van der Waals surface area (Å²) in [4.78, 5) is 1.86. The first kappa shape index (κ1) is 15.4. The van der Waals surface area contributed by atoms with Crippen molar-refractivity contribution in [2.45, 2.75) is 26.4 Å². The van der Waals surface area contributed by atoms with Gasteiger partial charge in [0.1, 0.15) is 0 Å². The molecule has 5 heteroatoms. The van der Waals surface area contributed by atoms with Gasteiger partial charge in [-0.25, -0.2) is 0 Å². The summed E-state index contributed by atoms with van der Waals surface area (Å²) in [5.74, 6) is 0.521. The van der Waals surface area contributed by atoms with Gasteiger partial charge in [0.15, 0.2) is 0 Å². The first-order valence-electron chi connectivity index (χ1n) is 6.08. The summed E-state index contributed by atoms with van der Waals surface area (Å²) in [7, 11) is 1.81. The number of benzene rings is 1. The van der Waals surface area contributed by atoms with Gasteiger partial charge >= 0.3 is 6.18 Å². The van der Waals surface area contributed by atoms with Crippen molar-refractivity contribution in [3.05, 3.63) is 29.3 Å². The van der Waals surface area contributed by atoms with Crippen molar-refractivity contribution < 1.29 is 13.2 Å². The van der Waals surface area contributed by atoms with Crippen LogP contribution in [0.15, 0.2) is 18.2 Å². The molecule has 2 nitrogen and oxygen atoms in total. The summed E-state index contributed by atoms with van der Waals surface area (Å²) in [5.41, 5.74) is -0.581. The lowest BCUT2D eigenvalue weighted by Crippen LogP contribution is -2.20. The van der Waals surface area contributed by atoms with E-state index in [-0.39, 0.29) is 5.56 Å². The first-order chi connectivity index (χ1) is 8.75. The highest BCUT2D eigenvalue weighted by Crippen LogP contribution is 2.33. The molecule has 0 amide bonds. The largest absolute Gasteiger partial charge is 0.417 e. The minimum absolute atomic E-state index is 0.332. The van der Waals surface area contributed by atoms with Gasteiger partial charge in [-0.2, -0.15) is 18.4 Å². The molecule has 0 aromatic heterocycles. The molecule has 0 saturated carbocycles. The monoisotopic (exact) mass is 270 g/mol. The molecule has 0 N–H and O–H groups in total. The molecule has 0 atom stereocenters. The van der Waals surface area contributed by atoms with Crippen molar-refractivity contribution in [2.75, 3.05) is 18.5 Å². The molecular weight excluding hydrogens is 253 g/mol. The fourth-order valence-electron chi connectivity index (χ4n) is 1.69. The Morgan fingerprint density at radius 3 is 2.42 bits per heavy atom. The number of halogens is 3. The third-order valence-electron chi connectivity index (χ3n) is 2.91. The zero-order chi connectivity index (χ0) is 14.6. The quantitative estimate of drug-likeness (QED) is 0.825. The Hall–Kier alpha value is -1.70. The van der Waals surface area contributed by atoms with Crippen molar-refractivity contribution in [1.29, 1.82) is 5.26 Å². The summed E-state index contributed by atoms with van der Waals surface area (Å²) in [6.45, 7) is 4.91. The molecule has 1 aromatic carbocycles. The summed E-state index contributed by atoms with van der Waals surface area (Å²) in [5, 5.41) is 8.84. The molecule has 0 aliphatic rings. The summed E-state index contributed by atoms with van der Waals surface area (Å²) in [6, 6.07) is 5.29. The highest BCUT2D eigenvalue weighted by molar-refractivity contribution is 5.54. The van der Waals surface area contributed by atoms with E-state index >= 15 is 0 Å². The fraction of sp³-hybridized carbons (Fsp3) is 0.500. The predicted octanol–water partition coefficient (Wildman–Crippen LogP) is 4.06. The minimum atomic E-state index is -4.49. The molecule has 0 saturated heterocycles. The zero-order valence-corrected chi connectivity index (χ0v) is 11.3. The van der Waals surface area contributed by atoms with Crippen LogP contribution in [0.5, 0.6) is 0 Å². The average molecular weight is 270 g/mol. The maximum Gasteiger partial charge on any atom is 0.417 e. The lowest BCUT2D eigenvalue weighted by molar-refractivity contribution is -0.137. The average Bonchev–Trinajstić information content (AvgIpc) is 2.33. The van der Waals surface area contributed by atoms with Crippen LogP contribution in [0.25, 0.3) is 0 Å². The standard InChI is InChI=1S/C14H17F3N2/c1-10(2)6-7-19(3)12-4-5-13(14(15,16)17)11(8-12)9-18/h4-5,8,10H,6-7H2,1-3H3. The number of hydrogen-bond acceptors (Lipinski definition) is 2. The van der Waals surface area contributed by atoms with Gasteiger partial charge in [0.2, 0.25) is 0 Å². The number of nitrogens with zero attached hydrogens (tertiary/aromatic N) is 2. The number of anilines is 1. The third-order valence-corrected chi connectivity index (χ3v) is 2.91. The van der Waals surface area contributed by atoms with Crippen LogP contribution in [0.3, 0.4) is 0 Å². The maximum absolute atomic E-state index is 12.7. The van der Waals surface area contributed by atoms with E-state index in [4.69, 9.17) is 5.26 Å². The Morgan fingerprint density at radius 2 is 1.95 bits per heavy atom. The Balaban J connectivity index is 2.98. The molecule has 0 spiro atoms. The fourth-order valence-corrected chi connectivity index (χ4v) is 1.69. The van der Waals surface area contributed by atoms with Gasteiger partial charge in [0.25, 0.3) is 0 Å². The second-order valence-corrected chi connectivity index (χ2v) is 4.94. The Labute approximate surface area is 111 Å². The molecule has 104 valence electrons. The lowest BCUT2D eigenvalue weighted by atomic mass is 10.1. The van der Waals surface area contributed by atoms with Crippen LogP contribution in [-0.2, 0) is 6.18 Å². The molecule has 0 aliphatic carbocycles. The van der Waals surface area contributed by atoms with Crippen LogP contribution in [0.2, 0.25) is 0 Å². The molecule has 0 bridgehead atoms. The number of hydrogen-bond donors (Lipinski definition) is 0. The molecule has 0 unspecified atom stereocenters. The smallest absolute Gasteiger partial charge is 0.375 e. The highest BCUT2D eigenvalue weighted by atomic mass is 19.4. The van der Waals surface area contributed by atoms with E-state index in [1.54, 1.807) is 6.07 Å². The van der Waals surface area contributed by atoms with Crippen LogP contribution in [0.1, 0.15) is 31.4 Å². The van der Waals surface area contributed by atoms with Gasteiger partial charge < -0.3 is 4.90 Å². The van der Waals surface area contributed by atoms with E-state index in [0.29, 0.717) is 11.6 Å².